The van der Waals surface area contributed by atoms with E-state index in [2.05, 4.69) is 31.3 Å². The molecule has 0 atom stereocenters. The average molecular weight is 479 g/mol. The summed E-state index contributed by atoms with van der Waals surface area (Å²) in [6, 6.07) is 22.2. The monoisotopic (exact) mass is 478 g/mol. The number of anilines is 2. The van der Waals surface area contributed by atoms with Gasteiger partial charge in [0, 0.05) is 47.2 Å². The van der Waals surface area contributed by atoms with Crippen molar-refractivity contribution in [3.05, 3.63) is 101 Å². The van der Waals surface area contributed by atoms with Crippen molar-refractivity contribution < 1.29 is 9.59 Å². The van der Waals surface area contributed by atoms with Gasteiger partial charge < -0.3 is 21.3 Å². The Morgan fingerprint density at radius 1 is 0.694 bits per heavy atom. The van der Waals surface area contributed by atoms with Crippen LogP contribution in [0, 0.1) is 0 Å². The number of carbonyl (C=O) groups excluding carboxylic acids is 2. The number of hydrogen-bond acceptors (Lipinski definition) is 6. The molecule has 36 heavy (non-hydrogen) atoms. The lowest BCUT2D eigenvalue weighted by Gasteiger charge is -2.07. The van der Waals surface area contributed by atoms with Gasteiger partial charge in [-0.05, 0) is 72.3 Å². The molecule has 0 saturated carbocycles. The molecule has 3 aromatic carbocycles. The van der Waals surface area contributed by atoms with Crippen molar-refractivity contribution in [2.45, 2.75) is 0 Å². The third-order valence-electron chi connectivity index (χ3n) is 5.79. The molecule has 0 spiro atoms. The van der Waals surface area contributed by atoms with E-state index in [1.54, 1.807) is 30.3 Å². The molecule has 2 aliphatic rings. The highest BCUT2D eigenvalue weighted by Crippen LogP contribution is 2.15. The van der Waals surface area contributed by atoms with Crippen LogP contribution in [0.2, 0.25) is 0 Å². The van der Waals surface area contributed by atoms with E-state index < -0.39 is 0 Å². The van der Waals surface area contributed by atoms with Crippen molar-refractivity contribution in [3.8, 4) is 0 Å². The molecule has 0 unspecified atom stereocenters. The van der Waals surface area contributed by atoms with E-state index in [0.29, 0.717) is 16.9 Å². The number of aliphatic imine (C=N–C) groups is 2. The van der Waals surface area contributed by atoms with Crippen LogP contribution in [0.5, 0.6) is 0 Å². The molecule has 5 rings (SSSR count). The number of benzene rings is 3. The van der Waals surface area contributed by atoms with Gasteiger partial charge >= 0.3 is 0 Å². The Balaban J connectivity index is 1.13. The van der Waals surface area contributed by atoms with Crippen LogP contribution < -0.4 is 21.3 Å². The van der Waals surface area contributed by atoms with E-state index in [1.165, 1.54) is 6.08 Å². The third kappa shape index (κ3) is 5.67. The first-order valence-corrected chi connectivity index (χ1v) is 11.8. The highest BCUT2D eigenvalue weighted by atomic mass is 16.2. The molecule has 8 nitrogen and oxygen atoms in total. The van der Waals surface area contributed by atoms with E-state index in [4.69, 9.17) is 0 Å². The number of rotatable bonds is 7. The summed E-state index contributed by atoms with van der Waals surface area (Å²) >= 11 is 0. The average Bonchev–Trinajstić information content (AvgIpc) is 3.64. The lowest BCUT2D eigenvalue weighted by molar-refractivity contribution is -0.111. The zero-order valence-electron chi connectivity index (χ0n) is 19.6. The predicted molar refractivity (Wildman–Crippen MR) is 144 cm³/mol. The van der Waals surface area contributed by atoms with Crippen LogP contribution in [-0.2, 0) is 4.79 Å². The molecule has 0 aromatic heterocycles. The summed E-state index contributed by atoms with van der Waals surface area (Å²) in [7, 11) is 0. The molecule has 180 valence electrons. The Morgan fingerprint density at radius 3 is 1.72 bits per heavy atom. The Hall–Kier alpha value is -4.72. The standard InChI is InChI=1S/C28H26N6O2/c35-25(33-23-10-6-20(7-11-23)26-29-15-16-30-26)14-3-19-1-4-22(5-2-19)28(36)34-24-12-8-21(9-13-24)27-31-17-18-32-27/h1-14H,15-18H2,(H,29,30)(H,31,32)(H,33,35)(H,34,36)/b14-3-. The van der Waals surface area contributed by atoms with Gasteiger partial charge in [0.1, 0.15) is 11.7 Å². The number of hydrogen-bond donors (Lipinski definition) is 4. The van der Waals surface area contributed by atoms with Crippen LogP contribution in [0.4, 0.5) is 11.4 Å². The van der Waals surface area contributed by atoms with Gasteiger partial charge in [-0.25, -0.2) is 0 Å². The predicted octanol–water partition coefficient (Wildman–Crippen LogP) is 3.29. The number of amides is 2. The summed E-state index contributed by atoms with van der Waals surface area (Å²) in [6.45, 7) is 3.28. The highest BCUT2D eigenvalue weighted by molar-refractivity contribution is 6.06. The van der Waals surface area contributed by atoms with Crippen molar-refractivity contribution in [2.24, 2.45) is 9.98 Å². The zero-order valence-corrected chi connectivity index (χ0v) is 19.6. The van der Waals surface area contributed by atoms with Gasteiger partial charge in [-0.3, -0.25) is 19.6 Å². The zero-order chi connectivity index (χ0) is 24.7. The van der Waals surface area contributed by atoms with E-state index in [0.717, 1.165) is 54.5 Å². The van der Waals surface area contributed by atoms with Gasteiger partial charge in [-0.2, -0.15) is 0 Å². The number of carbonyl (C=O) groups is 2. The van der Waals surface area contributed by atoms with Crippen LogP contribution in [0.3, 0.4) is 0 Å². The second kappa shape index (κ2) is 10.7. The first-order valence-electron chi connectivity index (χ1n) is 11.8. The summed E-state index contributed by atoms with van der Waals surface area (Å²) in [6.07, 6.45) is 3.18. The minimum absolute atomic E-state index is 0.199. The third-order valence-corrected chi connectivity index (χ3v) is 5.79. The Labute approximate surface area is 209 Å². The van der Waals surface area contributed by atoms with Gasteiger partial charge in [-0.15, -0.1) is 0 Å². The van der Waals surface area contributed by atoms with Crippen LogP contribution in [0.25, 0.3) is 6.08 Å². The molecule has 0 bridgehead atoms. The Kier molecular flexibility index (Phi) is 6.84. The fourth-order valence-corrected chi connectivity index (χ4v) is 3.91. The number of nitrogens with zero attached hydrogens (tertiary/aromatic N) is 2. The van der Waals surface area contributed by atoms with Crippen molar-refractivity contribution >= 4 is 40.9 Å². The van der Waals surface area contributed by atoms with Crippen molar-refractivity contribution in [1.82, 2.24) is 10.6 Å². The molecular formula is C28H26N6O2. The lowest BCUT2D eigenvalue weighted by atomic mass is 10.1. The molecular weight excluding hydrogens is 452 g/mol. The maximum atomic E-state index is 12.6. The molecule has 2 amide bonds. The normalized spacial score (nSPS) is 14.6. The molecule has 8 heteroatoms. The molecule has 4 N–H and O–H groups in total. The summed E-state index contributed by atoms with van der Waals surface area (Å²) in [5.74, 6) is 1.34. The first-order chi connectivity index (χ1) is 17.6. The lowest BCUT2D eigenvalue weighted by Crippen LogP contribution is -2.19. The fraction of sp³-hybridized carbons (Fsp3) is 0.143. The van der Waals surface area contributed by atoms with Crippen molar-refractivity contribution in [2.75, 3.05) is 36.8 Å². The summed E-state index contributed by atoms with van der Waals surface area (Å²) in [5, 5.41) is 12.2. The first kappa shape index (κ1) is 23.0. The maximum absolute atomic E-state index is 12.6. The van der Waals surface area contributed by atoms with E-state index in [-0.39, 0.29) is 11.8 Å². The highest BCUT2D eigenvalue weighted by Gasteiger charge is 2.10. The quantitative estimate of drug-likeness (QED) is 0.391. The summed E-state index contributed by atoms with van der Waals surface area (Å²) in [5.41, 5.74) is 4.76. The maximum Gasteiger partial charge on any atom is 0.255 e. The number of amidine groups is 2. The topological polar surface area (TPSA) is 107 Å². The fourth-order valence-electron chi connectivity index (χ4n) is 3.91. The molecule has 3 aromatic rings. The largest absolute Gasteiger partial charge is 0.368 e. The van der Waals surface area contributed by atoms with Crippen LogP contribution in [0.1, 0.15) is 27.0 Å². The summed E-state index contributed by atoms with van der Waals surface area (Å²) in [4.78, 5) is 33.7. The number of nitrogens with one attached hydrogen (secondary N) is 4. The molecule has 0 radical (unpaired) electrons. The molecule has 0 aliphatic carbocycles. The van der Waals surface area contributed by atoms with Gasteiger partial charge in [0.25, 0.3) is 5.91 Å². The second-order valence-electron chi connectivity index (χ2n) is 8.37. The van der Waals surface area contributed by atoms with E-state index in [1.807, 2.05) is 48.5 Å². The van der Waals surface area contributed by atoms with E-state index in [9.17, 15) is 9.59 Å². The minimum atomic E-state index is -0.233. The molecule has 2 aliphatic heterocycles. The molecule has 0 saturated heterocycles. The van der Waals surface area contributed by atoms with Crippen molar-refractivity contribution in [1.29, 1.82) is 0 Å². The smallest absolute Gasteiger partial charge is 0.255 e. The van der Waals surface area contributed by atoms with Crippen LogP contribution in [0.15, 0.2) is 88.9 Å². The van der Waals surface area contributed by atoms with Crippen LogP contribution >= 0.6 is 0 Å². The summed E-state index contributed by atoms with van der Waals surface area (Å²) < 4.78 is 0. The van der Waals surface area contributed by atoms with Gasteiger partial charge in [0.15, 0.2) is 0 Å². The van der Waals surface area contributed by atoms with Gasteiger partial charge in [-0.1, -0.05) is 12.1 Å². The SMILES string of the molecule is O=C(/C=C\c1ccc(C(=O)Nc2ccc(C3=NCCN3)cc2)cc1)Nc1ccc(C2=NCCN2)cc1. The van der Waals surface area contributed by atoms with Crippen molar-refractivity contribution in [3.63, 3.8) is 0 Å². The van der Waals surface area contributed by atoms with E-state index >= 15 is 0 Å². The molecule has 0 fully saturated rings. The Morgan fingerprint density at radius 2 is 1.22 bits per heavy atom. The van der Waals surface area contributed by atoms with Gasteiger partial charge in [0.2, 0.25) is 5.91 Å². The minimum Gasteiger partial charge on any atom is -0.368 e. The van der Waals surface area contributed by atoms with Gasteiger partial charge in [0.05, 0.1) is 13.1 Å². The molecule has 2 heterocycles. The Bertz CT molecular complexity index is 1340. The second-order valence-corrected chi connectivity index (χ2v) is 8.37. The van der Waals surface area contributed by atoms with Crippen LogP contribution in [-0.4, -0.2) is 49.7 Å².